The molecule has 0 bridgehead atoms. The molecule has 0 aromatic heterocycles. The predicted octanol–water partition coefficient (Wildman–Crippen LogP) is 4.39. The van der Waals surface area contributed by atoms with Gasteiger partial charge < -0.3 is 10.1 Å². The molecule has 2 aromatic rings. The Kier molecular flexibility index (Phi) is 4.49. The molecule has 1 unspecified atom stereocenters. The van der Waals surface area contributed by atoms with Crippen molar-refractivity contribution < 1.29 is 4.74 Å². The number of nitrogens with zero attached hydrogens (tertiary/aromatic N) is 1. The van der Waals surface area contributed by atoms with Crippen molar-refractivity contribution in [2.75, 3.05) is 12.4 Å². The van der Waals surface area contributed by atoms with Gasteiger partial charge in [0.05, 0.1) is 18.4 Å². The monoisotopic (exact) mass is 286 g/mol. The number of hydrogen-bond donors (Lipinski definition) is 1. The van der Waals surface area contributed by atoms with Gasteiger partial charge in [-0.2, -0.15) is 5.26 Å². The van der Waals surface area contributed by atoms with Crippen LogP contribution in [0.1, 0.15) is 24.1 Å². The van der Waals surface area contributed by atoms with Crippen molar-refractivity contribution in [3.63, 3.8) is 0 Å². The van der Waals surface area contributed by atoms with Gasteiger partial charge in [0.2, 0.25) is 0 Å². The molecule has 1 atom stereocenters. The molecular weight excluding hydrogens is 272 g/mol. The van der Waals surface area contributed by atoms with E-state index in [1.54, 1.807) is 25.3 Å². The molecule has 0 heterocycles. The summed E-state index contributed by atoms with van der Waals surface area (Å²) in [6.45, 7) is 2.02. The maximum Gasteiger partial charge on any atom is 0.119 e. The van der Waals surface area contributed by atoms with Crippen LogP contribution < -0.4 is 10.1 Å². The summed E-state index contributed by atoms with van der Waals surface area (Å²) in [5.74, 6) is 0.808. The van der Waals surface area contributed by atoms with E-state index in [9.17, 15) is 0 Å². The van der Waals surface area contributed by atoms with Gasteiger partial charge in [-0.1, -0.05) is 23.7 Å². The Morgan fingerprint density at radius 1 is 1.25 bits per heavy atom. The fraction of sp³-hybridized carbons (Fsp3) is 0.188. The number of rotatable bonds is 4. The van der Waals surface area contributed by atoms with Crippen LogP contribution in [0.25, 0.3) is 0 Å². The highest BCUT2D eigenvalue weighted by molar-refractivity contribution is 6.30. The van der Waals surface area contributed by atoms with E-state index < -0.39 is 0 Å². The zero-order valence-corrected chi connectivity index (χ0v) is 12.1. The van der Waals surface area contributed by atoms with E-state index in [1.807, 2.05) is 31.2 Å². The number of benzene rings is 2. The van der Waals surface area contributed by atoms with Crippen LogP contribution in [0.5, 0.6) is 5.75 Å². The average Bonchev–Trinajstić information content (AvgIpc) is 2.47. The second-order valence-corrected chi connectivity index (χ2v) is 4.88. The van der Waals surface area contributed by atoms with Gasteiger partial charge in [-0.3, -0.25) is 0 Å². The van der Waals surface area contributed by atoms with Crippen LogP contribution in [0.4, 0.5) is 5.69 Å². The summed E-state index contributed by atoms with van der Waals surface area (Å²) in [5, 5.41) is 13.0. The van der Waals surface area contributed by atoms with Gasteiger partial charge in [-0.05, 0) is 42.8 Å². The molecule has 0 aliphatic rings. The quantitative estimate of drug-likeness (QED) is 0.906. The maximum absolute atomic E-state index is 9.12. The first kappa shape index (κ1) is 14.2. The smallest absolute Gasteiger partial charge is 0.119 e. The third-order valence-corrected chi connectivity index (χ3v) is 3.30. The van der Waals surface area contributed by atoms with Crippen molar-refractivity contribution in [1.29, 1.82) is 5.26 Å². The molecule has 0 aliphatic carbocycles. The number of nitriles is 1. The first-order chi connectivity index (χ1) is 9.63. The Hall–Kier alpha value is -2.18. The van der Waals surface area contributed by atoms with E-state index in [2.05, 4.69) is 11.4 Å². The lowest BCUT2D eigenvalue weighted by Crippen LogP contribution is -2.08. The number of methoxy groups -OCH3 is 1. The standard InChI is InChI=1S/C16H15ClN2O/c1-11(12-4-3-5-15(8-12)20-2)19-16-9-14(17)7-6-13(16)10-18/h3-9,11,19H,1-2H3. The molecule has 2 rings (SSSR count). The van der Waals surface area contributed by atoms with Crippen LogP contribution in [0.2, 0.25) is 5.02 Å². The molecule has 1 N–H and O–H groups in total. The molecule has 0 radical (unpaired) electrons. The fourth-order valence-corrected chi connectivity index (χ4v) is 2.13. The molecule has 102 valence electrons. The second-order valence-electron chi connectivity index (χ2n) is 4.44. The Labute approximate surface area is 123 Å². The molecule has 20 heavy (non-hydrogen) atoms. The maximum atomic E-state index is 9.12. The van der Waals surface area contributed by atoms with Crippen LogP contribution in [-0.2, 0) is 0 Å². The lowest BCUT2D eigenvalue weighted by molar-refractivity contribution is 0.414. The Bertz CT molecular complexity index is 649. The largest absolute Gasteiger partial charge is 0.497 e. The van der Waals surface area contributed by atoms with Gasteiger partial charge in [0.15, 0.2) is 0 Å². The number of anilines is 1. The van der Waals surface area contributed by atoms with Gasteiger partial charge in [0.1, 0.15) is 11.8 Å². The van der Waals surface area contributed by atoms with E-state index in [0.29, 0.717) is 10.6 Å². The van der Waals surface area contributed by atoms with E-state index in [-0.39, 0.29) is 6.04 Å². The molecule has 0 saturated carbocycles. The SMILES string of the molecule is COc1cccc(C(C)Nc2cc(Cl)ccc2C#N)c1. The summed E-state index contributed by atoms with van der Waals surface area (Å²) >= 11 is 5.98. The molecular formula is C16H15ClN2O. The van der Waals surface area contributed by atoms with E-state index >= 15 is 0 Å². The molecule has 0 fully saturated rings. The summed E-state index contributed by atoms with van der Waals surface area (Å²) in [6.07, 6.45) is 0. The first-order valence-electron chi connectivity index (χ1n) is 6.24. The van der Waals surface area contributed by atoms with Gasteiger partial charge in [0, 0.05) is 11.1 Å². The lowest BCUT2D eigenvalue weighted by atomic mass is 10.1. The minimum atomic E-state index is 0.0377. The van der Waals surface area contributed by atoms with E-state index in [4.69, 9.17) is 21.6 Å². The summed E-state index contributed by atoms with van der Waals surface area (Å²) < 4.78 is 5.22. The van der Waals surface area contributed by atoms with Gasteiger partial charge in [0.25, 0.3) is 0 Å². The number of ether oxygens (including phenoxy) is 1. The average molecular weight is 287 g/mol. The topological polar surface area (TPSA) is 45.0 Å². The second kappa shape index (κ2) is 6.31. The van der Waals surface area contributed by atoms with Gasteiger partial charge in [-0.25, -0.2) is 0 Å². The number of hydrogen-bond acceptors (Lipinski definition) is 3. The van der Waals surface area contributed by atoms with Crippen molar-refractivity contribution in [3.8, 4) is 11.8 Å². The Balaban J connectivity index is 2.25. The van der Waals surface area contributed by atoms with Crippen LogP contribution in [0.15, 0.2) is 42.5 Å². The van der Waals surface area contributed by atoms with Crippen LogP contribution >= 0.6 is 11.6 Å². The molecule has 0 aliphatic heterocycles. The van der Waals surface area contributed by atoms with E-state index in [0.717, 1.165) is 17.0 Å². The minimum Gasteiger partial charge on any atom is -0.497 e. The van der Waals surface area contributed by atoms with Crippen LogP contribution in [0.3, 0.4) is 0 Å². The van der Waals surface area contributed by atoms with Crippen molar-refractivity contribution in [3.05, 3.63) is 58.6 Å². The highest BCUT2D eigenvalue weighted by Crippen LogP contribution is 2.26. The predicted molar refractivity (Wildman–Crippen MR) is 81.2 cm³/mol. The van der Waals surface area contributed by atoms with E-state index in [1.165, 1.54) is 0 Å². The highest BCUT2D eigenvalue weighted by Gasteiger charge is 2.09. The molecule has 4 heteroatoms. The highest BCUT2D eigenvalue weighted by atomic mass is 35.5. The summed E-state index contributed by atoms with van der Waals surface area (Å²) in [6, 6.07) is 15.2. The van der Waals surface area contributed by atoms with Gasteiger partial charge in [-0.15, -0.1) is 0 Å². The molecule has 2 aromatic carbocycles. The first-order valence-corrected chi connectivity index (χ1v) is 6.62. The summed E-state index contributed by atoms with van der Waals surface area (Å²) in [5.41, 5.74) is 2.38. The number of halogens is 1. The Morgan fingerprint density at radius 2 is 2.05 bits per heavy atom. The third-order valence-electron chi connectivity index (χ3n) is 3.07. The zero-order valence-electron chi connectivity index (χ0n) is 11.4. The molecule has 0 spiro atoms. The van der Waals surface area contributed by atoms with Crippen molar-refractivity contribution >= 4 is 17.3 Å². The number of nitrogens with one attached hydrogen (secondary N) is 1. The normalized spacial score (nSPS) is 11.5. The van der Waals surface area contributed by atoms with Crippen molar-refractivity contribution in [2.45, 2.75) is 13.0 Å². The molecule has 0 amide bonds. The minimum absolute atomic E-state index is 0.0377. The van der Waals surface area contributed by atoms with Crippen LogP contribution in [0, 0.1) is 11.3 Å². The van der Waals surface area contributed by atoms with Crippen LogP contribution in [-0.4, -0.2) is 7.11 Å². The Morgan fingerprint density at radius 3 is 2.75 bits per heavy atom. The zero-order chi connectivity index (χ0) is 14.5. The van der Waals surface area contributed by atoms with Gasteiger partial charge >= 0.3 is 0 Å². The fourth-order valence-electron chi connectivity index (χ4n) is 1.96. The third kappa shape index (κ3) is 3.23. The summed E-state index contributed by atoms with van der Waals surface area (Å²) in [4.78, 5) is 0. The lowest BCUT2D eigenvalue weighted by Gasteiger charge is -2.17. The summed E-state index contributed by atoms with van der Waals surface area (Å²) in [7, 11) is 1.64. The van der Waals surface area contributed by atoms with Crippen molar-refractivity contribution in [2.24, 2.45) is 0 Å². The molecule has 0 saturated heterocycles. The molecule has 3 nitrogen and oxygen atoms in total. The van der Waals surface area contributed by atoms with Crippen molar-refractivity contribution in [1.82, 2.24) is 0 Å².